The van der Waals surface area contributed by atoms with Gasteiger partial charge in [0.1, 0.15) is 0 Å². The molecule has 0 spiro atoms. The standard InChI is InChI=1S/C14H27N3.2C2H6/c1-3-16-6-8-17(9-7-16)14-10-12-4-5-13(11-14)15(12)2;2*1-2/h12-14H,3-11H2,1-2H3;2*1-2H3. The topological polar surface area (TPSA) is 9.72 Å². The molecule has 2 bridgehead atoms. The van der Waals surface area contributed by atoms with E-state index in [1.54, 1.807) is 0 Å². The molecule has 0 aromatic rings. The van der Waals surface area contributed by atoms with Gasteiger partial charge < -0.3 is 9.80 Å². The van der Waals surface area contributed by atoms with Gasteiger partial charge in [-0.05, 0) is 39.3 Å². The van der Waals surface area contributed by atoms with E-state index in [1.165, 1.54) is 58.4 Å². The van der Waals surface area contributed by atoms with Crippen LogP contribution in [-0.4, -0.2) is 72.6 Å². The van der Waals surface area contributed by atoms with E-state index in [0.29, 0.717) is 0 Å². The molecule has 3 heterocycles. The third-order valence-corrected chi connectivity index (χ3v) is 5.44. The van der Waals surface area contributed by atoms with Crippen LogP contribution < -0.4 is 0 Å². The number of piperazine rings is 1. The number of piperidine rings is 1. The molecule has 3 heteroatoms. The molecule has 3 rings (SSSR count). The lowest BCUT2D eigenvalue weighted by molar-refractivity contribution is 0.0413. The predicted molar refractivity (Wildman–Crippen MR) is 94.0 cm³/mol. The minimum Gasteiger partial charge on any atom is -0.301 e. The molecule has 21 heavy (non-hydrogen) atoms. The van der Waals surface area contributed by atoms with Crippen molar-refractivity contribution in [2.45, 2.75) is 78.4 Å². The van der Waals surface area contributed by atoms with Gasteiger partial charge in [0.15, 0.2) is 0 Å². The number of hydrogen-bond donors (Lipinski definition) is 0. The van der Waals surface area contributed by atoms with Crippen LogP contribution in [0, 0.1) is 0 Å². The average Bonchev–Trinajstić information content (AvgIpc) is 2.80. The molecular formula is C18H39N3. The van der Waals surface area contributed by atoms with Crippen molar-refractivity contribution in [3.8, 4) is 0 Å². The van der Waals surface area contributed by atoms with Gasteiger partial charge in [-0.2, -0.15) is 0 Å². The molecule has 0 aliphatic carbocycles. The van der Waals surface area contributed by atoms with E-state index in [0.717, 1.165) is 18.1 Å². The summed E-state index contributed by atoms with van der Waals surface area (Å²) < 4.78 is 0. The largest absolute Gasteiger partial charge is 0.301 e. The average molecular weight is 298 g/mol. The maximum absolute atomic E-state index is 2.78. The van der Waals surface area contributed by atoms with Gasteiger partial charge in [0.05, 0.1) is 0 Å². The molecule has 3 nitrogen and oxygen atoms in total. The number of rotatable bonds is 2. The molecule has 0 aromatic carbocycles. The number of nitrogens with zero attached hydrogens (tertiary/aromatic N) is 3. The van der Waals surface area contributed by atoms with Gasteiger partial charge in [0, 0.05) is 44.3 Å². The summed E-state index contributed by atoms with van der Waals surface area (Å²) in [6.07, 6.45) is 5.76. The Hall–Kier alpha value is -0.120. The van der Waals surface area contributed by atoms with Gasteiger partial charge in [0.2, 0.25) is 0 Å². The molecular weight excluding hydrogens is 258 g/mol. The van der Waals surface area contributed by atoms with Crippen molar-refractivity contribution in [1.82, 2.24) is 14.7 Å². The van der Waals surface area contributed by atoms with Crippen molar-refractivity contribution >= 4 is 0 Å². The van der Waals surface area contributed by atoms with Crippen LogP contribution in [0.15, 0.2) is 0 Å². The lowest BCUT2D eigenvalue weighted by Crippen LogP contribution is -2.54. The molecule has 0 N–H and O–H groups in total. The van der Waals surface area contributed by atoms with Gasteiger partial charge >= 0.3 is 0 Å². The first-order valence-corrected chi connectivity index (χ1v) is 9.46. The second kappa shape index (κ2) is 9.81. The van der Waals surface area contributed by atoms with Gasteiger partial charge in [-0.15, -0.1) is 0 Å². The van der Waals surface area contributed by atoms with E-state index in [2.05, 4.69) is 28.7 Å². The number of hydrogen-bond acceptors (Lipinski definition) is 3. The minimum atomic E-state index is 0.891. The molecule has 3 aliphatic heterocycles. The second-order valence-corrected chi connectivity index (χ2v) is 6.15. The second-order valence-electron chi connectivity index (χ2n) is 6.15. The smallest absolute Gasteiger partial charge is 0.0126 e. The van der Waals surface area contributed by atoms with Crippen molar-refractivity contribution in [3.05, 3.63) is 0 Å². The van der Waals surface area contributed by atoms with Crippen LogP contribution in [0.25, 0.3) is 0 Å². The fourth-order valence-electron chi connectivity index (χ4n) is 4.13. The first-order chi connectivity index (χ1) is 10.3. The third-order valence-electron chi connectivity index (χ3n) is 5.44. The zero-order chi connectivity index (χ0) is 15.8. The van der Waals surface area contributed by atoms with E-state index < -0.39 is 0 Å². The summed E-state index contributed by atoms with van der Waals surface area (Å²) in [6.45, 7) is 16.7. The molecule has 3 saturated heterocycles. The van der Waals surface area contributed by atoms with Crippen LogP contribution in [0.5, 0.6) is 0 Å². The van der Waals surface area contributed by atoms with Gasteiger partial charge in [-0.1, -0.05) is 34.6 Å². The molecule has 0 radical (unpaired) electrons. The monoisotopic (exact) mass is 297 g/mol. The van der Waals surface area contributed by atoms with Crippen molar-refractivity contribution in [2.75, 3.05) is 39.8 Å². The summed E-state index contributed by atoms with van der Waals surface area (Å²) >= 11 is 0. The molecule has 2 unspecified atom stereocenters. The van der Waals surface area contributed by atoms with Gasteiger partial charge in [-0.25, -0.2) is 0 Å². The lowest BCUT2D eigenvalue weighted by atomic mass is 9.96. The molecule has 126 valence electrons. The Balaban J connectivity index is 0.000000510. The van der Waals surface area contributed by atoms with E-state index in [-0.39, 0.29) is 0 Å². The van der Waals surface area contributed by atoms with Crippen molar-refractivity contribution in [3.63, 3.8) is 0 Å². The first-order valence-electron chi connectivity index (χ1n) is 9.46. The highest BCUT2D eigenvalue weighted by atomic mass is 15.3. The Morgan fingerprint density at radius 1 is 0.762 bits per heavy atom. The summed E-state index contributed by atoms with van der Waals surface area (Å²) in [4.78, 5) is 8.02. The van der Waals surface area contributed by atoms with Crippen LogP contribution in [0.1, 0.15) is 60.3 Å². The predicted octanol–water partition coefficient (Wildman–Crippen LogP) is 3.30. The van der Waals surface area contributed by atoms with Crippen LogP contribution in [0.2, 0.25) is 0 Å². The van der Waals surface area contributed by atoms with Gasteiger partial charge in [-0.3, -0.25) is 4.90 Å². The van der Waals surface area contributed by atoms with E-state index in [4.69, 9.17) is 0 Å². The van der Waals surface area contributed by atoms with E-state index in [9.17, 15) is 0 Å². The maximum Gasteiger partial charge on any atom is 0.0126 e. The SMILES string of the molecule is CC.CC.CCN1CCN(C2CC3CCC(C2)N3C)CC1. The summed E-state index contributed by atoms with van der Waals surface area (Å²) in [5.74, 6) is 0. The summed E-state index contributed by atoms with van der Waals surface area (Å²) in [7, 11) is 2.34. The number of likely N-dealkylation sites (N-methyl/N-ethyl adjacent to an activating group) is 1. The Bertz CT molecular complexity index is 247. The number of fused-ring (bicyclic) bond motifs is 2. The Kier molecular flexibility index (Phi) is 8.84. The summed E-state index contributed by atoms with van der Waals surface area (Å²) in [5.41, 5.74) is 0. The first kappa shape index (κ1) is 18.9. The van der Waals surface area contributed by atoms with Gasteiger partial charge in [0.25, 0.3) is 0 Å². The van der Waals surface area contributed by atoms with Crippen molar-refractivity contribution in [1.29, 1.82) is 0 Å². The molecule has 3 fully saturated rings. The quantitative estimate of drug-likeness (QED) is 0.774. The van der Waals surface area contributed by atoms with Crippen LogP contribution in [0.3, 0.4) is 0 Å². The van der Waals surface area contributed by atoms with Crippen LogP contribution in [-0.2, 0) is 0 Å². The van der Waals surface area contributed by atoms with Crippen molar-refractivity contribution in [2.24, 2.45) is 0 Å². The molecule has 2 atom stereocenters. The van der Waals surface area contributed by atoms with Crippen LogP contribution >= 0.6 is 0 Å². The zero-order valence-corrected chi connectivity index (χ0v) is 15.4. The molecule has 3 aliphatic rings. The minimum absolute atomic E-state index is 0.891. The zero-order valence-electron chi connectivity index (χ0n) is 15.4. The molecule has 0 saturated carbocycles. The normalized spacial score (nSPS) is 33.7. The highest BCUT2D eigenvalue weighted by Crippen LogP contribution is 2.36. The fourth-order valence-corrected chi connectivity index (χ4v) is 4.13. The lowest BCUT2D eigenvalue weighted by Gasteiger charge is -2.44. The Labute approximate surface area is 133 Å². The molecule has 0 aromatic heterocycles. The highest BCUT2D eigenvalue weighted by Gasteiger charge is 2.40. The highest BCUT2D eigenvalue weighted by molar-refractivity contribution is 4.97. The van der Waals surface area contributed by atoms with Crippen molar-refractivity contribution < 1.29 is 0 Å². The Morgan fingerprint density at radius 2 is 1.24 bits per heavy atom. The van der Waals surface area contributed by atoms with E-state index >= 15 is 0 Å². The Morgan fingerprint density at radius 3 is 1.67 bits per heavy atom. The molecule has 0 amide bonds. The maximum atomic E-state index is 2.78. The van der Waals surface area contributed by atoms with E-state index in [1.807, 2.05) is 27.7 Å². The summed E-state index contributed by atoms with van der Waals surface area (Å²) in [6, 6.07) is 2.67. The summed E-state index contributed by atoms with van der Waals surface area (Å²) in [5, 5.41) is 0. The third kappa shape index (κ3) is 4.67. The van der Waals surface area contributed by atoms with Crippen LogP contribution in [0.4, 0.5) is 0 Å². The fraction of sp³-hybridized carbons (Fsp3) is 1.00.